The zero-order valence-corrected chi connectivity index (χ0v) is 13.8. The van der Waals surface area contributed by atoms with Gasteiger partial charge in [0.05, 0.1) is 17.7 Å². The van der Waals surface area contributed by atoms with Gasteiger partial charge in [-0.25, -0.2) is 4.79 Å². The number of nitrogens with zero attached hydrogens (tertiary/aromatic N) is 2. The average molecular weight is 330 g/mol. The van der Waals surface area contributed by atoms with Crippen LogP contribution in [0.3, 0.4) is 0 Å². The predicted octanol–water partition coefficient (Wildman–Crippen LogP) is 3.71. The number of ether oxygens (including phenoxy) is 1. The highest BCUT2D eigenvalue weighted by molar-refractivity contribution is 5.69. The lowest BCUT2D eigenvalue weighted by Crippen LogP contribution is -2.35. The van der Waals surface area contributed by atoms with Crippen molar-refractivity contribution in [2.75, 3.05) is 6.54 Å². The van der Waals surface area contributed by atoms with Gasteiger partial charge < -0.3 is 4.74 Å². The minimum Gasteiger partial charge on any atom is -0.445 e. The van der Waals surface area contributed by atoms with Crippen LogP contribution in [0.25, 0.3) is 0 Å². The Labute approximate surface area is 147 Å². The van der Waals surface area contributed by atoms with E-state index < -0.39 is 0 Å². The van der Waals surface area contributed by atoms with E-state index in [0.717, 1.165) is 24.0 Å². The van der Waals surface area contributed by atoms with Crippen LogP contribution in [0, 0.1) is 23.2 Å². The molecule has 2 aromatic rings. The molecule has 0 aromatic heterocycles. The topological polar surface area (TPSA) is 53.3 Å². The van der Waals surface area contributed by atoms with E-state index >= 15 is 0 Å². The van der Waals surface area contributed by atoms with Gasteiger partial charge in [-0.05, 0) is 42.7 Å². The maximum Gasteiger partial charge on any atom is 0.411 e. The third-order valence-electron chi connectivity index (χ3n) is 4.09. The normalized spacial score (nSPS) is 15.8. The van der Waals surface area contributed by atoms with Crippen LogP contribution in [0.1, 0.15) is 29.5 Å². The van der Waals surface area contributed by atoms with E-state index in [-0.39, 0.29) is 18.7 Å². The number of hydrogen-bond donors (Lipinski definition) is 0. The minimum absolute atomic E-state index is 0.126. The Bertz CT molecular complexity index is 826. The van der Waals surface area contributed by atoms with E-state index in [1.54, 1.807) is 17.0 Å². The fraction of sp³-hybridized carbons (Fsp3) is 0.238. The maximum atomic E-state index is 12.3. The van der Waals surface area contributed by atoms with Crippen molar-refractivity contribution in [2.45, 2.75) is 25.5 Å². The highest BCUT2D eigenvalue weighted by atomic mass is 16.6. The molecule has 3 rings (SSSR count). The Hall–Kier alpha value is -3.24. The summed E-state index contributed by atoms with van der Waals surface area (Å²) in [5.41, 5.74) is 2.41. The van der Waals surface area contributed by atoms with Crippen molar-refractivity contribution in [3.8, 4) is 17.9 Å². The van der Waals surface area contributed by atoms with Crippen LogP contribution in [0.2, 0.25) is 0 Å². The van der Waals surface area contributed by atoms with Gasteiger partial charge in [-0.1, -0.05) is 42.2 Å². The Morgan fingerprint density at radius 2 is 1.84 bits per heavy atom. The van der Waals surface area contributed by atoms with Crippen LogP contribution in [0.15, 0.2) is 54.6 Å². The molecule has 0 radical (unpaired) electrons. The van der Waals surface area contributed by atoms with Crippen molar-refractivity contribution in [2.24, 2.45) is 0 Å². The molecule has 0 bridgehead atoms. The Morgan fingerprint density at radius 3 is 2.56 bits per heavy atom. The summed E-state index contributed by atoms with van der Waals surface area (Å²) in [6.07, 6.45) is 1.46. The summed E-state index contributed by atoms with van der Waals surface area (Å²) in [6, 6.07) is 18.7. The van der Waals surface area contributed by atoms with Gasteiger partial charge in [-0.2, -0.15) is 5.26 Å². The second kappa shape index (κ2) is 8.04. The fourth-order valence-electron chi connectivity index (χ4n) is 2.73. The molecule has 124 valence electrons. The van der Waals surface area contributed by atoms with Crippen LogP contribution in [0.4, 0.5) is 4.79 Å². The summed E-state index contributed by atoms with van der Waals surface area (Å²) < 4.78 is 5.41. The first-order chi connectivity index (χ1) is 12.3. The van der Waals surface area contributed by atoms with Crippen molar-refractivity contribution in [3.63, 3.8) is 0 Å². The summed E-state index contributed by atoms with van der Waals surface area (Å²) in [7, 11) is 0. The standard InChI is InChI=1S/C21H18N2O2/c22-15-18-10-8-17(9-11-18)12-13-20-7-4-14-23(20)21(24)25-16-19-5-2-1-3-6-19/h1-3,5-6,8-11,20H,4,7,14,16H2/t20-/m0/s1. The largest absolute Gasteiger partial charge is 0.445 e. The highest BCUT2D eigenvalue weighted by Crippen LogP contribution is 2.18. The van der Waals surface area contributed by atoms with E-state index in [4.69, 9.17) is 10.00 Å². The molecule has 0 aliphatic carbocycles. The number of carbonyl (C=O) groups excluding carboxylic acids is 1. The molecule has 4 nitrogen and oxygen atoms in total. The summed E-state index contributed by atoms with van der Waals surface area (Å²) in [5, 5.41) is 8.82. The monoisotopic (exact) mass is 330 g/mol. The molecule has 25 heavy (non-hydrogen) atoms. The molecular formula is C21H18N2O2. The third kappa shape index (κ3) is 4.40. The molecule has 1 aliphatic heterocycles. The van der Waals surface area contributed by atoms with Gasteiger partial charge in [0, 0.05) is 12.1 Å². The van der Waals surface area contributed by atoms with Gasteiger partial charge >= 0.3 is 6.09 Å². The maximum absolute atomic E-state index is 12.3. The molecule has 1 aliphatic rings. The summed E-state index contributed by atoms with van der Waals surface area (Å²) in [4.78, 5) is 14.0. The number of rotatable bonds is 2. The number of benzene rings is 2. The lowest BCUT2D eigenvalue weighted by Gasteiger charge is -2.20. The lowest BCUT2D eigenvalue weighted by molar-refractivity contribution is 0.0984. The van der Waals surface area contributed by atoms with Gasteiger partial charge in [-0.3, -0.25) is 4.90 Å². The molecular weight excluding hydrogens is 312 g/mol. The van der Waals surface area contributed by atoms with Crippen molar-refractivity contribution >= 4 is 6.09 Å². The van der Waals surface area contributed by atoms with Crippen molar-refractivity contribution in [3.05, 3.63) is 71.3 Å². The number of likely N-dealkylation sites (tertiary alicyclic amines) is 1. The SMILES string of the molecule is N#Cc1ccc(C#C[C@@H]2CCCN2C(=O)OCc2ccccc2)cc1. The molecule has 1 amide bonds. The number of nitriles is 1. The van der Waals surface area contributed by atoms with Gasteiger partial charge in [0.1, 0.15) is 6.61 Å². The molecule has 0 saturated carbocycles. The summed E-state index contributed by atoms with van der Waals surface area (Å²) in [5.74, 6) is 6.24. The predicted molar refractivity (Wildman–Crippen MR) is 94.4 cm³/mol. The molecule has 1 fully saturated rings. The molecule has 0 unspecified atom stereocenters. The van der Waals surface area contributed by atoms with Gasteiger partial charge in [0.15, 0.2) is 0 Å². The molecule has 1 atom stereocenters. The van der Waals surface area contributed by atoms with Gasteiger partial charge in [0.2, 0.25) is 0 Å². The highest BCUT2D eigenvalue weighted by Gasteiger charge is 2.28. The number of hydrogen-bond acceptors (Lipinski definition) is 3. The molecule has 4 heteroatoms. The zero-order chi connectivity index (χ0) is 17.5. The van der Waals surface area contributed by atoms with Gasteiger partial charge in [-0.15, -0.1) is 0 Å². The van der Waals surface area contributed by atoms with Crippen molar-refractivity contribution in [1.82, 2.24) is 4.90 Å². The van der Waals surface area contributed by atoms with Gasteiger partial charge in [0.25, 0.3) is 0 Å². The zero-order valence-electron chi connectivity index (χ0n) is 13.8. The van der Waals surface area contributed by atoms with Crippen LogP contribution in [0.5, 0.6) is 0 Å². The fourth-order valence-corrected chi connectivity index (χ4v) is 2.73. The first kappa shape index (κ1) is 16.6. The van der Waals surface area contributed by atoms with E-state index in [2.05, 4.69) is 17.9 Å². The quantitative estimate of drug-likeness (QED) is 0.789. The molecule has 1 heterocycles. The molecule has 2 aromatic carbocycles. The van der Waals surface area contributed by atoms with E-state index in [1.165, 1.54) is 0 Å². The summed E-state index contributed by atoms with van der Waals surface area (Å²) >= 11 is 0. The molecule has 1 saturated heterocycles. The first-order valence-electron chi connectivity index (χ1n) is 8.25. The number of carbonyl (C=O) groups is 1. The Morgan fingerprint density at radius 1 is 1.12 bits per heavy atom. The van der Waals surface area contributed by atoms with E-state index in [1.807, 2.05) is 42.5 Å². The second-order valence-electron chi connectivity index (χ2n) is 5.85. The lowest BCUT2D eigenvalue weighted by atomic mass is 10.1. The average Bonchev–Trinajstić information content (AvgIpc) is 3.14. The Balaban J connectivity index is 1.61. The van der Waals surface area contributed by atoms with Crippen molar-refractivity contribution in [1.29, 1.82) is 5.26 Å². The third-order valence-corrected chi connectivity index (χ3v) is 4.09. The minimum atomic E-state index is -0.319. The summed E-state index contributed by atoms with van der Waals surface area (Å²) in [6.45, 7) is 0.937. The van der Waals surface area contributed by atoms with Crippen molar-refractivity contribution < 1.29 is 9.53 Å². The van der Waals surface area contributed by atoms with Crippen LogP contribution >= 0.6 is 0 Å². The number of amides is 1. The smallest absolute Gasteiger partial charge is 0.411 e. The van der Waals surface area contributed by atoms with Crippen LogP contribution in [-0.2, 0) is 11.3 Å². The van der Waals surface area contributed by atoms with E-state index in [0.29, 0.717) is 12.1 Å². The first-order valence-corrected chi connectivity index (χ1v) is 8.25. The Kier molecular flexibility index (Phi) is 5.34. The molecule has 0 N–H and O–H groups in total. The second-order valence-corrected chi connectivity index (χ2v) is 5.85. The van der Waals surface area contributed by atoms with Crippen LogP contribution in [-0.4, -0.2) is 23.6 Å². The van der Waals surface area contributed by atoms with Crippen LogP contribution < -0.4 is 0 Å². The molecule has 0 spiro atoms. The van der Waals surface area contributed by atoms with E-state index in [9.17, 15) is 4.79 Å².